The molecule has 0 radical (unpaired) electrons. The average Bonchev–Trinajstić information content (AvgIpc) is 2.45. The predicted molar refractivity (Wildman–Crippen MR) is 87.6 cm³/mol. The van der Waals surface area contributed by atoms with Crippen LogP contribution in [-0.2, 0) is 4.74 Å². The van der Waals surface area contributed by atoms with Gasteiger partial charge in [0.25, 0.3) is 0 Å². The van der Waals surface area contributed by atoms with Crippen LogP contribution >= 0.6 is 0 Å². The lowest BCUT2D eigenvalue weighted by Crippen LogP contribution is -3.00. The molecule has 0 aliphatic carbocycles. The Balaban J connectivity index is 0. The maximum Gasteiger partial charge on any atom is 0.105 e. The van der Waals surface area contributed by atoms with Gasteiger partial charge in [-0.2, -0.15) is 0 Å². The summed E-state index contributed by atoms with van der Waals surface area (Å²) < 4.78 is 5.73. The summed E-state index contributed by atoms with van der Waals surface area (Å²) in [5, 5.41) is 3.36. The molecular formula is C17H39BrN2O. The minimum Gasteiger partial charge on any atom is -1.00 e. The molecule has 0 aromatic carbocycles. The first-order valence-electron chi connectivity index (χ1n) is 8.95. The van der Waals surface area contributed by atoms with E-state index in [0.29, 0.717) is 0 Å². The molecule has 130 valence electrons. The Hall–Kier alpha value is 0.360. The van der Waals surface area contributed by atoms with Gasteiger partial charge in [-0.05, 0) is 13.3 Å². The first kappa shape index (κ1) is 23.6. The maximum atomic E-state index is 5.73. The number of nitrogens with one attached hydrogen (secondary N) is 1. The van der Waals surface area contributed by atoms with E-state index in [9.17, 15) is 0 Å². The van der Waals surface area contributed by atoms with Gasteiger partial charge in [0.1, 0.15) is 6.23 Å². The third-order valence-corrected chi connectivity index (χ3v) is 3.72. The Morgan fingerprint density at radius 2 is 1.38 bits per heavy atom. The Morgan fingerprint density at radius 1 is 0.857 bits per heavy atom. The standard InChI is InChI=1S/C17H38N2O.BrH/c1-3-4-5-6-7-8-9-10-11-12-16-20-17(2)19-15-13-14-18;/h17,19H,3-16,18H2,1-2H3;1H. The van der Waals surface area contributed by atoms with Crippen LogP contribution in [0.3, 0.4) is 0 Å². The fourth-order valence-corrected chi connectivity index (χ4v) is 2.34. The fourth-order valence-electron chi connectivity index (χ4n) is 2.34. The highest BCUT2D eigenvalue weighted by molar-refractivity contribution is 4.50. The van der Waals surface area contributed by atoms with E-state index in [-0.39, 0.29) is 23.2 Å². The Labute approximate surface area is 143 Å². The predicted octanol–water partition coefficient (Wildman–Crippen LogP) is 0.496. The van der Waals surface area contributed by atoms with Gasteiger partial charge in [-0.1, -0.05) is 64.7 Å². The molecule has 3 nitrogen and oxygen atoms in total. The normalized spacial score (nSPS) is 12.1. The van der Waals surface area contributed by atoms with Crippen LogP contribution in [-0.4, -0.2) is 25.9 Å². The monoisotopic (exact) mass is 366 g/mol. The summed E-state index contributed by atoms with van der Waals surface area (Å²) in [6.07, 6.45) is 15.1. The highest BCUT2D eigenvalue weighted by Crippen LogP contribution is 2.10. The van der Waals surface area contributed by atoms with Gasteiger partial charge in [0.15, 0.2) is 0 Å². The molecule has 0 amide bonds. The van der Waals surface area contributed by atoms with Gasteiger partial charge < -0.3 is 27.5 Å². The molecule has 0 bridgehead atoms. The number of hydrogen-bond donors (Lipinski definition) is 2. The quantitative estimate of drug-likeness (QED) is 0.308. The summed E-state index contributed by atoms with van der Waals surface area (Å²) in [6.45, 7) is 7.29. The molecule has 0 aromatic rings. The van der Waals surface area contributed by atoms with E-state index in [1.165, 1.54) is 64.2 Å². The van der Waals surface area contributed by atoms with Crippen LogP contribution in [0.5, 0.6) is 0 Å². The summed E-state index contributed by atoms with van der Waals surface area (Å²) in [4.78, 5) is 0. The minimum atomic E-state index is 0. The zero-order valence-electron chi connectivity index (χ0n) is 14.5. The zero-order chi connectivity index (χ0) is 14.9. The van der Waals surface area contributed by atoms with Crippen molar-refractivity contribution < 1.29 is 27.5 Å². The molecule has 4 heteroatoms. The molecule has 0 saturated carbocycles. The molecule has 0 heterocycles. The highest BCUT2D eigenvalue weighted by atomic mass is 79.9. The van der Waals surface area contributed by atoms with E-state index < -0.39 is 0 Å². The SMILES string of the molecule is CCCCCCCCCCCCOC(C)NCCC[NH3+].[Br-]. The molecular weight excluding hydrogens is 328 g/mol. The van der Waals surface area contributed by atoms with Crippen molar-refractivity contribution in [2.45, 2.75) is 90.7 Å². The lowest BCUT2D eigenvalue weighted by molar-refractivity contribution is -0.368. The third-order valence-electron chi connectivity index (χ3n) is 3.72. The molecule has 1 atom stereocenters. The molecule has 0 aromatic heterocycles. The molecule has 0 rings (SSSR count). The molecule has 4 N–H and O–H groups in total. The van der Waals surface area contributed by atoms with Crippen LogP contribution in [0, 0.1) is 0 Å². The third kappa shape index (κ3) is 20.4. The van der Waals surface area contributed by atoms with Crippen LogP contribution in [0.1, 0.15) is 84.5 Å². The molecule has 0 saturated heterocycles. The van der Waals surface area contributed by atoms with Gasteiger partial charge >= 0.3 is 0 Å². The summed E-state index contributed by atoms with van der Waals surface area (Å²) in [5.41, 5.74) is 3.83. The minimum absolute atomic E-state index is 0. The first-order valence-corrected chi connectivity index (χ1v) is 8.95. The largest absolute Gasteiger partial charge is 1.00 e. The molecule has 0 spiro atoms. The maximum absolute atomic E-state index is 5.73. The Morgan fingerprint density at radius 3 is 1.90 bits per heavy atom. The van der Waals surface area contributed by atoms with E-state index in [2.05, 4.69) is 24.9 Å². The van der Waals surface area contributed by atoms with Gasteiger partial charge in [0, 0.05) is 19.6 Å². The molecule has 21 heavy (non-hydrogen) atoms. The van der Waals surface area contributed by atoms with Crippen LogP contribution in [0.4, 0.5) is 0 Å². The van der Waals surface area contributed by atoms with E-state index in [1.807, 2.05) is 0 Å². The van der Waals surface area contributed by atoms with E-state index in [4.69, 9.17) is 4.74 Å². The van der Waals surface area contributed by atoms with Gasteiger partial charge in [-0.25, -0.2) is 0 Å². The second-order valence-corrected chi connectivity index (χ2v) is 5.86. The summed E-state index contributed by atoms with van der Waals surface area (Å²) in [6, 6.07) is 0. The van der Waals surface area contributed by atoms with Crippen molar-refractivity contribution in [2.24, 2.45) is 0 Å². The number of hydrogen-bond acceptors (Lipinski definition) is 2. The molecule has 0 aliphatic rings. The summed E-state index contributed by atoms with van der Waals surface area (Å²) in [7, 11) is 0. The number of ether oxygens (including phenoxy) is 1. The Kier molecular flexibility index (Phi) is 22.9. The van der Waals surface area contributed by atoms with E-state index in [0.717, 1.165) is 26.1 Å². The Bertz CT molecular complexity index is 182. The second-order valence-electron chi connectivity index (χ2n) is 5.86. The van der Waals surface area contributed by atoms with Crippen LogP contribution < -0.4 is 28.0 Å². The fraction of sp³-hybridized carbons (Fsp3) is 1.00. The smallest absolute Gasteiger partial charge is 0.105 e. The van der Waals surface area contributed by atoms with Gasteiger partial charge in [0.2, 0.25) is 0 Å². The lowest BCUT2D eigenvalue weighted by atomic mass is 10.1. The lowest BCUT2D eigenvalue weighted by Gasteiger charge is -2.14. The number of halogens is 1. The van der Waals surface area contributed by atoms with Gasteiger partial charge in [-0.3, -0.25) is 5.32 Å². The van der Waals surface area contributed by atoms with Crippen molar-refractivity contribution >= 4 is 0 Å². The highest BCUT2D eigenvalue weighted by Gasteiger charge is 2.00. The molecule has 0 fully saturated rings. The van der Waals surface area contributed by atoms with Crippen molar-refractivity contribution in [1.82, 2.24) is 5.32 Å². The van der Waals surface area contributed by atoms with Gasteiger partial charge in [0.05, 0.1) is 6.54 Å². The molecule has 0 aliphatic heterocycles. The van der Waals surface area contributed by atoms with Crippen molar-refractivity contribution in [3.8, 4) is 0 Å². The first-order chi connectivity index (χ1) is 9.81. The van der Waals surface area contributed by atoms with Crippen LogP contribution in [0.2, 0.25) is 0 Å². The van der Waals surface area contributed by atoms with Gasteiger partial charge in [-0.15, -0.1) is 0 Å². The van der Waals surface area contributed by atoms with Crippen molar-refractivity contribution in [1.29, 1.82) is 0 Å². The number of rotatable bonds is 16. The number of quaternary nitrogens is 1. The van der Waals surface area contributed by atoms with Crippen molar-refractivity contribution in [3.05, 3.63) is 0 Å². The van der Waals surface area contributed by atoms with E-state index >= 15 is 0 Å². The van der Waals surface area contributed by atoms with Crippen LogP contribution in [0.25, 0.3) is 0 Å². The average molecular weight is 367 g/mol. The molecule has 1 unspecified atom stereocenters. The number of unbranched alkanes of at least 4 members (excludes halogenated alkanes) is 9. The van der Waals surface area contributed by atoms with Crippen LogP contribution in [0.15, 0.2) is 0 Å². The van der Waals surface area contributed by atoms with E-state index in [1.54, 1.807) is 0 Å². The zero-order valence-corrected chi connectivity index (χ0v) is 16.1. The topological polar surface area (TPSA) is 48.9 Å². The van der Waals surface area contributed by atoms with Crippen molar-refractivity contribution in [2.75, 3.05) is 19.7 Å². The van der Waals surface area contributed by atoms with Crippen molar-refractivity contribution in [3.63, 3.8) is 0 Å². The second kappa shape index (κ2) is 20.4. The summed E-state index contributed by atoms with van der Waals surface area (Å²) >= 11 is 0. The summed E-state index contributed by atoms with van der Waals surface area (Å²) in [5.74, 6) is 0.